The number of nitrogens with one attached hydrogen (secondary N) is 1. The Morgan fingerprint density at radius 3 is 2.62 bits per heavy atom. The fraction of sp³-hybridized carbons (Fsp3) is 0.643. The van der Waals surface area contributed by atoms with Gasteiger partial charge < -0.3 is 10.1 Å². The zero-order valence-corrected chi connectivity index (χ0v) is 14.8. The van der Waals surface area contributed by atoms with E-state index >= 15 is 0 Å². The number of hydrogen-bond acceptors (Lipinski definition) is 8. The van der Waals surface area contributed by atoms with E-state index in [9.17, 15) is 18.0 Å². The van der Waals surface area contributed by atoms with Crippen LogP contribution >= 0.6 is 0 Å². The summed E-state index contributed by atoms with van der Waals surface area (Å²) in [5.41, 5.74) is -0.519. The molecule has 3 atom stereocenters. The monoisotopic (exact) mass is 359 g/mol. The Bertz CT molecular complexity index is 788. The molecule has 0 spiro atoms. The Kier molecular flexibility index (Phi) is 5.41. The summed E-state index contributed by atoms with van der Waals surface area (Å²) in [6.07, 6.45) is 1.18. The van der Waals surface area contributed by atoms with Crippen LogP contribution in [0.5, 0.6) is 0 Å². The maximum atomic E-state index is 12.4. The highest BCUT2D eigenvalue weighted by Crippen LogP contribution is 2.30. The number of carbonyl (C=O) groups excluding carboxylic acids is 1. The van der Waals surface area contributed by atoms with Crippen LogP contribution in [0.15, 0.2) is 10.9 Å². The van der Waals surface area contributed by atoms with Gasteiger partial charge in [-0.2, -0.15) is 8.42 Å². The first-order valence-corrected chi connectivity index (χ1v) is 9.27. The Labute approximate surface area is 140 Å². The van der Waals surface area contributed by atoms with Crippen molar-refractivity contribution in [3.63, 3.8) is 0 Å². The van der Waals surface area contributed by atoms with E-state index in [1.165, 1.54) is 11.7 Å². The van der Waals surface area contributed by atoms with Gasteiger partial charge in [-0.3, -0.25) is 13.5 Å². The smallest absolute Gasteiger partial charge is 0.356 e. The van der Waals surface area contributed by atoms with Gasteiger partial charge in [-0.1, -0.05) is 0 Å². The van der Waals surface area contributed by atoms with Crippen molar-refractivity contribution in [2.24, 2.45) is 0 Å². The molecule has 24 heavy (non-hydrogen) atoms. The van der Waals surface area contributed by atoms with E-state index in [1.54, 1.807) is 7.05 Å². The molecule has 10 heteroatoms. The third-order valence-electron chi connectivity index (χ3n) is 3.94. The van der Waals surface area contributed by atoms with E-state index < -0.39 is 33.8 Å². The van der Waals surface area contributed by atoms with Gasteiger partial charge in [-0.25, -0.2) is 9.78 Å². The molecule has 1 aromatic rings. The van der Waals surface area contributed by atoms with Crippen molar-refractivity contribution >= 4 is 16.1 Å². The topological polar surface area (TPSA) is 117 Å². The molecule has 134 valence electrons. The number of methoxy groups -OCH3 is 1. The predicted octanol–water partition coefficient (Wildman–Crippen LogP) is -0.0100. The molecule has 1 aliphatic rings. The number of aromatic nitrogens is 2. The molecule has 0 aromatic carbocycles. The van der Waals surface area contributed by atoms with Crippen LogP contribution in [-0.2, 0) is 19.0 Å². The lowest BCUT2D eigenvalue weighted by Crippen LogP contribution is -2.37. The third kappa shape index (κ3) is 3.82. The lowest BCUT2D eigenvalue weighted by atomic mass is 10.1. The molecule has 2 rings (SSSR count). The van der Waals surface area contributed by atoms with E-state index in [0.29, 0.717) is 12.8 Å². The van der Waals surface area contributed by atoms with Crippen molar-refractivity contribution in [2.45, 2.75) is 38.0 Å². The molecule has 0 amide bonds. The normalized spacial score (nSPS) is 24.1. The average Bonchev–Trinajstić information content (AvgIpc) is 2.62. The van der Waals surface area contributed by atoms with Crippen LogP contribution in [0.3, 0.4) is 0 Å². The number of esters is 1. The lowest BCUT2D eigenvalue weighted by Gasteiger charge is -2.24. The minimum atomic E-state index is -3.69. The van der Waals surface area contributed by atoms with E-state index in [-0.39, 0.29) is 17.6 Å². The molecular formula is C14H21N3O6S. The first-order valence-electron chi connectivity index (χ1n) is 7.45. The van der Waals surface area contributed by atoms with Crippen molar-refractivity contribution in [1.82, 2.24) is 14.9 Å². The Morgan fingerprint density at radius 1 is 1.42 bits per heavy atom. The fourth-order valence-electron chi connectivity index (χ4n) is 2.89. The van der Waals surface area contributed by atoms with Gasteiger partial charge in [0.15, 0.2) is 5.69 Å². The van der Waals surface area contributed by atoms with E-state index in [0.717, 1.165) is 12.3 Å². The summed E-state index contributed by atoms with van der Waals surface area (Å²) in [6, 6.07) is 0.244. The number of fused-ring (bicyclic) bond motifs is 1. The summed E-state index contributed by atoms with van der Waals surface area (Å²) in [7, 11) is -0.884. The standard InChI is InChI=1S/C14H21N3O6S/c1-8-5-6-10(23-24(4,20)21)12(15-2)13-16-9(14(19)22-3)7-11(18)17(8)13/h7-8,10,12,15H,5-6H2,1-4H3/t8?,10-,12+/m0/s1. The second-order valence-corrected chi connectivity index (χ2v) is 7.33. The Morgan fingerprint density at radius 2 is 2.08 bits per heavy atom. The molecule has 0 saturated carbocycles. The van der Waals surface area contributed by atoms with Gasteiger partial charge >= 0.3 is 5.97 Å². The lowest BCUT2D eigenvalue weighted by molar-refractivity contribution is 0.0591. The van der Waals surface area contributed by atoms with Gasteiger partial charge in [-0.05, 0) is 26.8 Å². The van der Waals surface area contributed by atoms with Crippen LogP contribution in [0, 0.1) is 0 Å². The van der Waals surface area contributed by atoms with E-state index in [4.69, 9.17) is 4.18 Å². The molecule has 1 aliphatic heterocycles. The second-order valence-electron chi connectivity index (χ2n) is 5.73. The van der Waals surface area contributed by atoms with Crippen molar-refractivity contribution < 1.29 is 22.1 Å². The van der Waals surface area contributed by atoms with Gasteiger partial charge in [0, 0.05) is 12.1 Å². The number of hydrogen-bond donors (Lipinski definition) is 1. The van der Waals surface area contributed by atoms with Gasteiger partial charge in [0.25, 0.3) is 15.7 Å². The van der Waals surface area contributed by atoms with Crippen LogP contribution in [0.25, 0.3) is 0 Å². The SMILES string of the molecule is CN[C@H]1c2nc(C(=O)OC)cc(=O)n2C(C)CC[C@@H]1OS(C)(=O)=O. The third-order valence-corrected chi connectivity index (χ3v) is 4.54. The van der Waals surface area contributed by atoms with Gasteiger partial charge in [0.1, 0.15) is 5.82 Å². The summed E-state index contributed by atoms with van der Waals surface area (Å²) in [5.74, 6) is -0.480. The predicted molar refractivity (Wildman–Crippen MR) is 85.3 cm³/mol. The van der Waals surface area contributed by atoms with Crippen LogP contribution < -0.4 is 10.9 Å². The summed E-state index contributed by atoms with van der Waals surface area (Å²) in [4.78, 5) is 28.4. The van der Waals surface area contributed by atoms with Crippen LogP contribution in [0.2, 0.25) is 0 Å². The highest BCUT2D eigenvalue weighted by Gasteiger charge is 2.35. The maximum Gasteiger partial charge on any atom is 0.356 e. The molecule has 1 N–H and O–H groups in total. The maximum absolute atomic E-state index is 12.4. The molecule has 0 fully saturated rings. The van der Waals surface area contributed by atoms with E-state index in [2.05, 4.69) is 15.0 Å². The number of likely N-dealkylation sites (N-methyl/N-ethyl adjacent to an activating group) is 1. The van der Waals surface area contributed by atoms with Crippen molar-refractivity contribution in [1.29, 1.82) is 0 Å². The quantitative estimate of drug-likeness (QED) is 0.589. The first-order chi connectivity index (χ1) is 11.2. The molecule has 0 saturated heterocycles. The van der Waals surface area contributed by atoms with Gasteiger partial charge in [0.05, 0.1) is 25.5 Å². The molecule has 9 nitrogen and oxygen atoms in total. The Balaban J connectivity index is 2.62. The van der Waals surface area contributed by atoms with Gasteiger partial charge in [-0.15, -0.1) is 0 Å². The highest BCUT2D eigenvalue weighted by molar-refractivity contribution is 7.86. The number of nitrogens with zero attached hydrogens (tertiary/aromatic N) is 2. The minimum Gasteiger partial charge on any atom is -0.464 e. The average molecular weight is 359 g/mol. The number of carbonyl (C=O) groups is 1. The van der Waals surface area contributed by atoms with Crippen LogP contribution in [0.1, 0.15) is 48.2 Å². The van der Waals surface area contributed by atoms with Crippen molar-refractivity contribution in [2.75, 3.05) is 20.4 Å². The van der Waals surface area contributed by atoms with Crippen molar-refractivity contribution in [3.05, 3.63) is 27.9 Å². The summed E-state index contributed by atoms with van der Waals surface area (Å²) in [5, 5.41) is 2.94. The van der Waals surface area contributed by atoms with Crippen LogP contribution in [0.4, 0.5) is 0 Å². The fourth-order valence-corrected chi connectivity index (χ4v) is 3.55. The number of rotatable bonds is 4. The van der Waals surface area contributed by atoms with E-state index in [1.807, 2.05) is 6.92 Å². The highest BCUT2D eigenvalue weighted by atomic mass is 32.2. The molecular weight excluding hydrogens is 338 g/mol. The zero-order chi connectivity index (χ0) is 18.1. The molecule has 0 bridgehead atoms. The van der Waals surface area contributed by atoms with Crippen molar-refractivity contribution in [3.8, 4) is 0 Å². The van der Waals surface area contributed by atoms with Gasteiger partial charge in [0.2, 0.25) is 0 Å². The minimum absolute atomic E-state index is 0.124. The van der Waals surface area contributed by atoms with Crippen LogP contribution in [-0.4, -0.2) is 50.5 Å². The summed E-state index contributed by atoms with van der Waals surface area (Å²) >= 11 is 0. The molecule has 1 aromatic heterocycles. The molecule has 2 heterocycles. The molecule has 1 unspecified atom stereocenters. The second kappa shape index (κ2) is 6.99. The zero-order valence-electron chi connectivity index (χ0n) is 14.0. The summed E-state index contributed by atoms with van der Waals surface area (Å²) in [6.45, 7) is 1.83. The molecule has 0 aliphatic carbocycles. The largest absolute Gasteiger partial charge is 0.464 e. The molecule has 0 radical (unpaired) electrons. The number of ether oxygens (including phenoxy) is 1. The Hall–Kier alpha value is -1.78. The summed E-state index contributed by atoms with van der Waals surface area (Å²) < 4.78 is 34.3. The first kappa shape index (κ1) is 18.6.